The summed E-state index contributed by atoms with van der Waals surface area (Å²) in [6.07, 6.45) is 0. The number of aryl methyl sites for hydroxylation is 1. The number of nitrogens with two attached hydrogens (primary N) is 1. The first-order valence-corrected chi connectivity index (χ1v) is 7.41. The molecule has 0 spiro atoms. The number of nitrogens with one attached hydrogen (secondary N) is 1. The number of rotatable bonds is 4. The van der Waals surface area contributed by atoms with Crippen LogP contribution in [-0.4, -0.2) is 55.5 Å². The maximum absolute atomic E-state index is 12.2. The summed E-state index contributed by atoms with van der Waals surface area (Å²) in [5.41, 5.74) is 8.27. The van der Waals surface area contributed by atoms with Crippen molar-refractivity contribution < 1.29 is 4.79 Å². The molecule has 1 amide bonds. The lowest BCUT2D eigenvalue weighted by molar-refractivity contribution is -0.117. The first kappa shape index (κ1) is 15.8. The van der Waals surface area contributed by atoms with Crippen molar-refractivity contribution in [1.82, 2.24) is 9.80 Å². The van der Waals surface area contributed by atoms with Crippen LogP contribution in [0.3, 0.4) is 0 Å². The molecule has 5 heteroatoms. The summed E-state index contributed by atoms with van der Waals surface area (Å²) in [4.78, 5) is 16.7. The van der Waals surface area contributed by atoms with E-state index in [0.29, 0.717) is 24.2 Å². The van der Waals surface area contributed by atoms with Gasteiger partial charge < -0.3 is 16.0 Å². The van der Waals surface area contributed by atoms with E-state index in [2.05, 4.69) is 36.1 Å². The number of benzene rings is 1. The highest BCUT2D eigenvalue weighted by Crippen LogP contribution is 2.21. The van der Waals surface area contributed by atoms with E-state index >= 15 is 0 Å². The summed E-state index contributed by atoms with van der Waals surface area (Å²) in [5, 5.41) is 2.97. The standard InChI is InChI=1S/C16H26N4O/c1-11-7-13(17)5-6-14(11)18-16(21)10-20-8-12(2)15(9-20)19(3)4/h5-7,12,15H,8-10,17H2,1-4H3,(H,18,21). The van der Waals surface area contributed by atoms with Crippen LogP contribution in [0, 0.1) is 12.8 Å². The molecule has 0 aromatic heterocycles. The molecule has 0 aliphatic carbocycles. The van der Waals surface area contributed by atoms with Gasteiger partial charge in [0.2, 0.25) is 5.91 Å². The average molecular weight is 290 g/mol. The smallest absolute Gasteiger partial charge is 0.238 e. The Bertz CT molecular complexity index is 515. The molecule has 1 aliphatic heterocycles. The van der Waals surface area contributed by atoms with E-state index in [9.17, 15) is 4.79 Å². The summed E-state index contributed by atoms with van der Waals surface area (Å²) in [5.74, 6) is 0.625. The van der Waals surface area contributed by atoms with Gasteiger partial charge in [0.15, 0.2) is 0 Å². The summed E-state index contributed by atoms with van der Waals surface area (Å²) < 4.78 is 0. The number of nitrogens with zero attached hydrogens (tertiary/aromatic N) is 2. The van der Waals surface area contributed by atoms with Crippen LogP contribution in [0.15, 0.2) is 18.2 Å². The number of carbonyl (C=O) groups is 1. The Morgan fingerprint density at radius 3 is 2.71 bits per heavy atom. The van der Waals surface area contributed by atoms with E-state index in [1.165, 1.54) is 0 Å². The van der Waals surface area contributed by atoms with Gasteiger partial charge in [-0.1, -0.05) is 6.92 Å². The third-order valence-electron chi connectivity index (χ3n) is 4.20. The fraction of sp³-hybridized carbons (Fsp3) is 0.562. The number of likely N-dealkylation sites (tertiary alicyclic amines) is 1. The van der Waals surface area contributed by atoms with Gasteiger partial charge in [0, 0.05) is 30.5 Å². The molecule has 2 unspecified atom stereocenters. The molecule has 0 radical (unpaired) electrons. The number of likely N-dealkylation sites (N-methyl/N-ethyl adjacent to an activating group) is 1. The van der Waals surface area contributed by atoms with Crippen molar-refractivity contribution in [3.8, 4) is 0 Å². The molecule has 2 rings (SSSR count). The zero-order valence-electron chi connectivity index (χ0n) is 13.4. The molecule has 1 heterocycles. The van der Waals surface area contributed by atoms with Gasteiger partial charge in [-0.25, -0.2) is 0 Å². The van der Waals surface area contributed by atoms with Crippen LogP contribution in [0.5, 0.6) is 0 Å². The average Bonchev–Trinajstić information content (AvgIpc) is 2.74. The molecule has 116 valence electrons. The highest BCUT2D eigenvalue weighted by atomic mass is 16.2. The highest BCUT2D eigenvalue weighted by molar-refractivity contribution is 5.93. The van der Waals surface area contributed by atoms with Crippen LogP contribution in [0.25, 0.3) is 0 Å². The molecular weight excluding hydrogens is 264 g/mol. The molecule has 1 aromatic rings. The number of anilines is 2. The Hall–Kier alpha value is -1.59. The van der Waals surface area contributed by atoms with Crippen molar-refractivity contribution in [2.45, 2.75) is 19.9 Å². The maximum atomic E-state index is 12.2. The summed E-state index contributed by atoms with van der Waals surface area (Å²) in [7, 11) is 4.20. The number of hydrogen-bond donors (Lipinski definition) is 2. The lowest BCUT2D eigenvalue weighted by Gasteiger charge is -2.22. The van der Waals surface area contributed by atoms with Crippen LogP contribution in [0.2, 0.25) is 0 Å². The van der Waals surface area contributed by atoms with Crippen LogP contribution in [-0.2, 0) is 4.79 Å². The normalized spacial score (nSPS) is 22.7. The van der Waals surface area contributed by atoms with Crippen molar-refractivity contribution in [1.29, 1.82) is 0 Å². The maximum Gasteiger partial charge on any atom is 0.238 e. The quantitative estimate of drug-likeness (QED) is 0.823. The Balaban J connectivity index is 1.91. The molecule has 1 aliphatic rings. The van der Waals surface area contributed by atoms with Crippen molar-refractivity contribution in [3.63, 3.8) is 0 Å². The van der Waals surface area contributed by atoms with Crippen LogP contribution < -0.4 is 11.1 Å². The second-order valence-electron chi connectivity index (χ2n) is 6.32. The van der Waals surface area contributed by atoms with Crippen LogP contribution >= 0.6 is 0 Å². The van der Waals surface area contributed by atoms with Crippen molar-refractivity contribution in [3.05, 3.63) is 23.8 Å². The van der Waals surface area contributed by atoms with E-state index in [0.717, 1.165) is 24.3 Å². The molecule has 3 N–H and O–H groups in total. The molecular formula is C16H26N4O. The minimum atomic E-state index is 0.0366. The first-order chi connectivity index (χ1) is 9.86. The second-order valence-corrected chi connectivity index (χ2v) is 6.32. The predicted molar refractivity (Wildman–Crippen MR) is 87.3 cm³/mol. The third kappa shape index (κ3) is 3.95. The largest absolute Gasteiger partial charge is 0.399 e. The monoisotopic (exact) mass is 290 g/mol. The van der Waals surface area contributed by atoms with Gasteiger partial charge in [-0.15, -0.1) is 0 Å². The fourth-order valence-corrected chi connectivity index (χ4v) is 3.07. The lowest BCUT2D eigenvalue weighted by atomic mass is 10.1. The third-order valence-corrected chi connectivity index (χ3v) is 4.20. The molecule has 1 aromatic carbocycles. The minimum Gasteiger partial charge on any atom is -0.399 e. The Morgan fingerprint density at radius 2 is 2.14 bits per heavy atom. The molecule has 21 heavy (non-hydrogen) atoms. The first-order valence-electron chi connectivity index (χ1n) is 7.41. The molecule has 1 fully saturated rings. The number of amides is 1. The summed E-state index contributed by atoms with van der Waals surface area (Å²) in [6, 6.07) is 6.06. The summed E-state index contributed by atoms with van der Waals surface area (Å²) >= 11 is 0. The van der Waals surface area contributed by atoms with Gasteiger partial charge in [0.1, 0.15) is 0 Å². The molecule has 0 bridgehead atoms. The van der Waals surface area contributed by atoms with Gasteiger partial charge in [0.25, 0.3) is 0 Å². The highest BCUT2D eigenvalue weighted by Gasteiger charge is 2.31. The van der Waals surface area contributed by atoms with E-state index in [1.807, 2.05) is 25.1 Å². The molecule has 0 saturated carbocycles. The predicted octanol–water partition coefficient (Wildman–Crippen LogP) is 1.40. The SMILES string of the molecule is Cc1cc(N)ccc1NC(=O)CN1CC(C)C(N(C)C)C1. The van der Waals surface area contributed by atoms with Crippen molar-refractivity contribution >= 4 is 17.3 Å². The number of nitrogen functional groups attached to an aromatic ring is 1. The van der Waals surface area contributed by atoms with Crippen molar-refractivity contribution in [2.75, 3.05) is 44.8 Å². The minimum absolute atomic E-state index is 0.0366. The van der Waals surface area contributed by atoms with Crippen LogP contribution in [0.4, 0.5) is 11.4 Å². The number of carbonyl (C=O) groups excluding carboxylic acids is 1. The topological polar surface area (TPSA) is 61.6 Å². The summed E-state index contributed by atoms with van der Waals surface area (Å²) in [6.45, 7) is 6.55. The zero-order chi connectivity index (χ0) is 15.6. The molecule has 5 nitrogen and oxygen atoms in total. The van der Waals surface area contributed by atoms with Gasteiger partial charge in [-0.2, -0.15) is 0 Å². The fourth-order valence-electron chi connectivity index (χ4n) is 3.07. The Kier molecular flexibility index (Phi) is 4.85. The van der Waals surface area contributed by atoms with Gasteiger partial charge in [-0.05, 0) is 50.7 Å². The second kappa shape index (κ2) is 6.45. The molecule has 2 atom stereocenters. The van der Waals surface area contributed by atoms with E-state index in [4.69, 9.17) is 5.73 Å². The van der Waals surface area contributed by atoms with Gasteiger partial charge >= 0.3 is 0 Å². The Morgan fingerprint density at radius 1 is 1.43 bits per heavy atom. The Labute approximate surface area is 127 Å². The van der Waals surface area contributed by atoms with E-state index in [1.54, 1.807) is 0 Å². The van der Waals surface area contributed by atoms with Gasteiger partial charge in [0.05, 0.1) is 6.54 Å². The molecule has 1 saturated heterocycles. The van der Waals surface area contributed by atoms with Gasteiger partial charge in [-0.3, -0.25) is 9.69 Å². The lowest BCUT2D eigenvalue weighted by Crippen LogP contribution is -2.36. The van der Waals surface area contributed by atoms with E-state index in [-0.39, 0.29) is 5.91 Å². The van der Waals surface area contributed by atoms with Crippen molar-refractivity contribution in [2.24, 2.45) is 5.92 Å². The number of hydrogen-bond acceptors (Lipinski definition) is 4. The zero-order valence-corrected chi connectivity index (χ0v) is 13.4. The van der Waals surface area contributed by atoms with E-state index < -0.39 is 0 Å². The van der Waals surface area contributed by atoms with Crippen LogP contribution in [0.1, 0.15) is 12.5 Å².